The fraction of sp³-hybridized carbons (Fsp3) is 0.0909. The monoisotopic (exact) mass is 242 g/mol. The van der Waals surface area contributed by atoms with Gasteiger partial charge in [-0.05, 0) is 12.5 Å². The lowest BCUT2D eigenvalue weighted by atomic mass is 10.2. The summed E-state index contributed by atoms with van der Waals surface area (Å²) >= 11 is 0. The van der Waals surface area contributed by atoms with Crippen molar-refractivity contribution in [2.24, 2.45) is 0 Å². The highest BCUT2D eigenvalue weighted by Gasteiger charge is 2.22. The fourth-order valence-electron chi connectivity index (χ4n) is 0.589. The summed E-state index contributed by atoms with van der Waals surface area (Å²) in [6.07, 6.45) is 3.58. The van der Waals surface area contributed by atoms with E-state index in [2.05, 4.69) is 13.2 Å². The Balaban J connectivity index is 0. The number of hydrogen-bond acceptors (Lipinski definition) is 4. The van der Waals surface area contributed by atoms with E-state index >= 15 is 0 Å². The Morgan fingerprint density at radius 2 is 1.31 bits per heavy atom. The van der Waals surface area contributed by atoms with Crippen LogP contribution in [-0.4, -0.2) is 28.2 Å². The molecule has 4 nitrogen and oxygen atoms in total. The molecule has 0 saturated carbocycles. The lowest BCUT2D eigenvalue weighted by Crippen LogP contribution is -2.33. The molecular formula is C11H18O4Si. The summed E-state index contributed by atoms with van der Waals surface area (Å²) in [5, 5.41) is 0. The average molecular weight is 242 g/mol. The van der Waals surface area contributed by atoms with Gasteiger partial charge in [-0.15, -0.1) is 6.58 Å². The molecule has 0 radical (unpaired) electrons. The predicted molar refractivity (Wildman–Crippen MR) is 67.0 cm³/mol. The normalized spacial score (nSPS) is 8.81. The second-order valence-electron chi connectivity index (χ2n) is 2.62. The van der Waals surface area contributed by atoms with Gasteiger partial charge >= 0.3 is 9.05 Å². The van der Waals surface area contributed by atoms with Crippen molar-refractivity contribution >= 4 is 15.1 Å². The van der Waals surface area contributed by atoms with E-state index in [9.17, 15) is 0 Å². The van der Waals surface area contributed by atoms with Crippen LogP contribution < -0.4 is 0 Å². The summed E-state index contributed by atoms with van der Waals surface area (Å²) in [4.78, 5) is 29.3. The first kappa shape index (κ1) is 17.2. The summed E-state index contributed by atoms with van der Waals surface area (Å²) < 4.78 is 0. The molecule has 1 aromatic rings. The van der Waals surface area contributed by atoms with Gasteiger partial charge in [0.2, 0.25) is 0 Å². The van der Waals surface area contributed by atoms with Crippen molar-refractivity contribution in [3.63, 3.8) is 0 Å². The molecule has 16 heavy (non-hydrogen) atoms. The molecule has 1 aromatic carbocycles. The van der Waals surface area contributed by atoms with Crippen LogP contribution in [0.5, 0.6) is 0 Å². The predicted octanol–water partition coefficient (Wildman–Crippen LogP) is 0.913. The van der Waals surface area contributed by atoms with Crippen molar-refractivity contribution in [3.8, 4) is 0 Å². The minimum atomic E-state index is -4.61. The molecule has 0 unspecified atom stereocenters. The van der Waals surface area contributed by atoms with Gasteiger partial charge in [-0.3, -0.25) is 0 Å². The maximum absolute atomic E-state index is 7.33. The second kappa shape index (κ2) is 10.3. The SMILES string of the molecule is C=CC.C=Cc1ccccc1.O[Si](O)(O)O. The van der Waals surface area contributed by atoms with E-state index in [4.69, 9.17) is 19.2 Å². The van der Waals surface area contributed by atoms with Gasteiger partial charge in [0.15, 0.2) is 0 Å². The average Bonchev–Trinajstić information content (AvgIpc) is 2.18. The molecule has 0 amide bonds. The molecule has 0 saturated heterocycles. The number of allylic oxidation sites excluding steroid dienone is 1. The first-order valence-electron chi connectivity index (χ1n) is 4.49. The van der Waals surface area contributed by atoms with E-state index < -0.39 is 9.05 Å². The fourth-order valence-corrected chi connectivity index (χ4v) is 0.589. The van der Waals surface area contributed by atoms with Crippen LogP contribution in [-0.2, 0) is 0 Å². The highest BCUT2D eigenvalue weighted by Crippen LogP contribution is 1.97. The smallest absolute Gasteiger partial charge is 0.368 e. The molecule has 90 valence electrons. The van der Waals surface area contributed by atoms with Crippen molar-refractivity contribution in [2.45, 2.75) is 6.92 Å². The van der Waals surface area contributed by atoms with Gasteiger partial charge in [-0.2, -0.15) is 0 Å². The van der Waals surface area contributed by atoms with Crippen LogP contribution in [0, 0.1) is 0 Å². The topological polar surface area (TPSA) is 80.9 Å². The molecule has 5 heteroatoms. The van der Waals surface area contributed by atoms with Crippen molar-refractivity contribution < 1.29 is 19.2 Å². The van der Waals surface area contributed by atoms with Crippen LogP contribution in [0.1, 0.15) is 12.5 Å². The van der Waals surface area contributed by atoms with Crippen LogP contribution >= 0.6 is 0 Å². The Kier molecular flexibility index (Phi) is 11.0. The summed E-state index contributed by atoms with van der Waals surface area (Å²) in [6, 6.07) is 10.0. The van der Waals surface area contributed by atoms with Crippen LogP contribution in [0.2, 0.25) is 0 Å². The summed E-state index contributed by atoms with van der Waals surface area (Å²) in [5.41, 5.74) is 1.17. The minimum Gasteiger partial charge on any atom is -0.368 e. The summed E-state index contributed by atoms with van der Waals surface area (Å²) in [6.45, 7) is 8.88. The van der Waals surface area contributed by atoms with E-state index in [-0.39, 0.29) is 0 Å². The van der Waals surface area contributed by atoms with Gasteiger partial charge in [0.05, 0.1) is 0 Å². The first-order valence-corrected chi connectivity index (χ1v) is 6.28. The Morgan fingerprint density at radius 3 is 1.50 bits per heavy atom. The summed E-state index contributed by atoms with van der Waals surface area (Å²) in [7, 11) is -4.61. The third kappa shape index (κ3) is 23.0. The van der Waals surface area contributed by atoms with E-state index in [1.165, 1.54) is 5.56 Å². The van der Waals surface area contributed by atoms with Gasteiger partial charge in [-0.25, -0.2) is 0 Å². The zero-order valence-electron chi connectivity index (χ0n) is 9.24. The van der Waals surface area contributed by atoms with Crippen molar-refractivity contribution in [1.82, 2.24) is 0 Å². The van der Waals surface area contributed by atoms with Crippen molar-refractivity contribution in [2.75, 3.05) is 0 Å². The Bertz CT molecular complexity index is 274. The molecule has 0 aliphatic heterocycles. The zero-order chi connectivity index (χ0) is 13.0. The van der Waals surface area contributed by atoms with Crippen LogP contribution in [0.3, 0.4) is 0 Å². The third-order valence-electron chi connectivity index (χ3n) is 1.04. The summed E-state index contributed by atoms with van der Waals surface area (Å²) in [5.74, 6) is 0. The Morgan fingerprint density at radius 1 is 1.00 bits per heavy atom. The van der Waals surface area contributed by atoms with E-state index in [0.717, 1.165) is 0 Å². The molecule has 0 aliphatic carbocycles. The van der Waals surface area contributed by atoms with Gasteiger partial charge < -0.3 is 19.2 Å². The molecule has 0 heterocycles. The highest BCUT2D eigenvalue weighted by molar-refractivity contribution is 6.46. The molecule has 0 aromatic heterocycles. The van der Waals surface area contributed by atoms with E-state index in [1.54, 1.807) is 6.08 Å². The molecule has 0 fully saturated rings. The molecular weight excluding hydrogens is 224 g/mol. The lowest BCUT2D eigenvalue weighted by molar-refractivity contribution is 0.117. The maximum Gasteiger partial charge on any atom is 0.668 e. The van der Waals surface area contributed by atoms with E-state index in [1.807, 2.05) is 43.3 Å². The molecule has 0 bridgehead atoms. The van der Waals surface area contributed by atoms with Crippen LogP contribution in [0.15, 0.2) is 49.6 Å². The first-order chi connectivity index (χ1) is 7.35. The third-order valence-corrected chi connectivity index (χ3v) is 1.04. The van der Waals surface area contributed by atoms with E-state index in [0.29, 0.717) is 0 Å². The zero-order valence-corrected chi connectivity index (χ0v) is 10.2. The minimum absolute atomic E-state index is 1.17. The molecule has 0 atom stereocenters. The highest BCUT2D eigenvalue weighted by atomic mass is 28.4. The second-order valence-corrected chi connectivity index (χ2v) is 3.82. The standard InChI is InChI=1S/C8H8.C3H6.H4O4Si/c1-2-8-6-4-3-5-7-8;1-3-2;1-5(2,3)4/h2-7H,1H2;3H,1H2,2H3;1-4H. The van der Waals surface area contributed by atoms with Gasteiger partial charge in [-0.1, -0.05) is 49.1 Å². The Labute approximate surface area is 96.9 Å². The van der Waals surface area contributed by atoms with Gasteiger partial charge in [0.25, 0.3) is 0 Å². The molecule has 0 spiro atoms. The van der Waals surface area contributed by atoms with Crippen LogP contribution in [0.4, 0.5) is 0 Å². The number of hydrogen-bond donors (Lipinski definition) is 4. The van der Waals surface area contributed by atoms with Crippen molar-refractivity contribution in [1.29, 1.82) is 0 Å². The largest absolute Gasteiger partial charge is 0.668 e. The molecule has 1 rings (SSSR count). The lowest BCUT2D eigenvalue weighted by Gasteiger charge is -1.91. The van der Waals surface area contributed by atoms with Crippen LogP contribution in [0.25, 0.3) is 6.08 Å². The van der Waals surface area contributed by atoms with Gasteiger partial charge in [0, 0.05) is 0 Å². The maximum atomic E-state index is 7.33. The number of rotatable bonds is 1. The Hall–Kier alpha value is -1.24. The quantitative estimate of drug-likeness (QED) is 0.436. The molecule has 4 N–H and O–H groups in total. The van der Waals surface area contributed by atoms with Gasteiger partial charge in [0.1, 0.15) is 0 Å². The van der Waals surface area contributed by atoms with Crippen molar-refractivity contribution in [3.05, 3.63) is 55.1 Å². The number of benzene rings is 1. The molecule has 0 aliphatic rings.